The van der Waals surface area contributed by atoms with Crippen LogP contribution in [-0.2, 0) is 12.0 Å². The van der Waals surface area contributed by atoms with E-state index in [4.69, 9.17) is 5.73 Å². The Morgan fingerprint density at radius 3 is 3.00 bits per heavy atom. The number of nitrogens with two attached hydrogens (primary N) is 1. The molecule has 82 valence electrons. The fourth-order valence-electron chi connectivity index (χ4n) is 2.44. The van der Waals surface area contributed by atoms with Gasteiger partial charge >= 0.3 is 0 Å². The Balaban J connectivity index is 2.46. The van der Waals surface area contributed by atoms with E-state index >= 15 is 0 Å². The van der Waals surface area contributed by atoms with Crippen molar-refractivity contribution in [1.82, 2.24) is 0 Å². The summed E-state index contributed by atoms with van der Waals surface area (Å²) in [6.07, 6.45) is 2.73. The van der Waals surface area contributed by atoms with E-state index in [2.05, 4.69) is 0 Å². The van der Waals surface area contributed by atoms with E-state index in [9.17, 15) is 9.50 Å². The van der Waals surface area contributed by atoms with Gasteiger partial charge in [0.25, 0.3) is 0 Å². The zero-order chi connectivity index (χ0) is 10.9. The predicted molar refractivity (Wildman–Crippen MR) is 56.9 cm³/mol. The van der Waals surface area contributed by atoms with Crippen LogP contribution >= 0.6 is 0 Å². The van der Waals surface area contributed by atoms with Crippen molar-refractivity contribution in [3.8, 4) is 0 Å². The lowest BCUT2D eigenvalue weighted by molar-refractivity contribution is 0.0119. The van der Waals surface area contributed by atoms with Crippen molar-refractivity contribution in [3.05, 3.63) is 35.1 Å². The van der Waals surface area contributed by atoms with Gasteiger partial charge in [0.2, 0.25) is 0 Å². The second-order valence-corrected chi connectivity index (χ2v) is 4.19. The molecule has 1 aromatic carbocycles. The topological polar surface area (TPSA) is 46.2 Å². The van der Waals surface area contributed by atoms with E-state index in [0.29, 0.717) is 24.9 Å². The maximum absolute atomic E-state index is 13.5. The molecule has 3 N–H and O–H groups in total. The summed E-state index contributed by atoms with van der Waals surface area (Å²) in [5.41, 5.74) is 5.98. The molecule has 3 heteroatoms. The van der Waals surface area contributed by atoms with Gasteiger partial charge in [-0.25, -0.2) is 4.39 Å². The third kappa shape index (κ3) is 1.77. The molecule has 0 heterocycles. The summed E-state index contributed by atoms with van der Waals surface area (Å²) in [5, 5.41) is 10.4. The number of hydrogen-bond donors (Lipinski definition) is 2. The molecule has 1 atom stereocenters. The Bertz CT molecular complexity index is 367. The lowest BCUT2D eigenvalue weighted by Crippen LogP contribution is -2.33. The van der Waals surface area contributed by atoms with Gasteiger partial charge in [0.15, 0.2) is 0 Å². The number of hydrogen-bond acceptors (Lipinski definition) is 2. The molecule has 0 aromatic heterocycles. The van der Waals surface area contributed by atoms with Crippen LogP contribution in [0.4, 0.5) is 4.39 Å². The minimum absolute atomic E-state index is 0.206. The van der Waals surface area contributed by atoms with Crippen molar-refractivity contribution in [1.29, 1.82) is 0 Å². The van der Waals surface area contributed by atoms with Gasteiger partial charge in [-0.2, -0.15) is 0 Å². The molecule has 0 radical (unpaired) electrons. The average molecular weight is 209 g/mol. The second-order valence-electron chi connectivity index (χ2n) is 4.19. The third-order valence-electron chi connectivity index (χ3n) is 3.20. The van der Waals surface area contributed by atoms with Gasteiger partial charge in [0.05, 0.1) is 5.60 Å². The molecule has 0 bridgehead atoms. The summed E-state index contributed by atoms with van der Waals surface area (Å²) in [7, 11) is 0. The van der Waals surface area contributed by atoms with Crippen LogP contribution in [0.3, 0.4) is 0 Å². The highest BCUT2D eigenvalue weighted by molar-refractivity contribution is 5.35. The lowest BCUT2D eigenvalue weighted by atomic mass is 9.77. The normalized spacial score (nSPS) is 25.0. The standard InChI is InChI=1S/C12H16FNO/c13-11-5-1-4-10-9(11)3-2-6-12(10,15)7-8-14/h1,4-5,15H,2-3,6-8,14H2. The van der Waals surface area contributed by atoms with Crippen LogP contribution in [0.5, 0.6) is 0 Å². The molecule has 0 saturated carbocycles. The zero-order valence-corrected chi connectivity index (χ0v) is 8.67. The lowest BCUT2D eigenvalue weighted by Gasteiger charge is -2.34. The molecule has 0 aliphatic heterocycles. The van der Waals surface area contributed by atoms with Gasteiger partial charge in [0.1, 0.15) is 5.82 Å². The number of halogens is 1. The summed E-state index contributed by atoms with van der Waals surface area (Å²) in [4.78, 5) is 0. The van der Waals surface area contributed by atoms with Crippen LogP contribution < -0.4 is 5.73 Å². The molecule has 1 aromatic rings. The van der Waals surface area contributed by atoms with Crippen LogP contribution in [0.25, 0.3) is 0 Å². The fourth-order valence-corrected chi connectivity index (χ4v) is 2.44. The van der Waals surface area contributed by atoms with Crippen LogP contribution in [0, 0.1) is 5.82 Å². The second kappa shape index (κ2) is 3.91. The fraction of sp³-hybridized carbons (Fsp3) is 0.500. The van der Waals surface area contributed by atoms with Gasteiger partial charge in [-0.1, -0.05) is 12.1 Å². The number of benzene rings is 1. The summed E-state index contributed by atoms with van der Waals surface area (Å²) in [6.45, 7) is 0.423. The van der Waals surface area contributed by atoms with Crippen LogP contribution in [-0.4, -0.2) is 11.7 Å². The molecule has 0 amide bonds. The maximum atomic E-state index is 13.5. The van der Waals surface area contributed by atoms with Crippen molar-refractivity contribution in [2.45, 2.75) is 31.3 Å². The SMILES string of the molecule is NCCC1(O)CCCc2c(F)cccc21. The van der Waals surface area contributed by atoms with Gasteiger partial charge in [-0.3, -0.25) is 0 Å². The van der Waals surface area contributed by atoms with Gasteiger partial charge < -0.3 is 10.8 Å². The highest BCUT2D eigenvalue weighted by Gasteiger charge is 2.34. The molecular formula is C12H16FNO. The first-order valence-corrected chi connectivity index (χ1v) is 5.38. The largest absolute Gasteiger partial charge is 0.385 e. The quantitative estimate of drug-likeness (QED) is 0.778. The van der Waals surface area contributed by atoms with Gasteiger partial charge in [-0.15, -0.1) is 0 Å². The Labute approximate surface area is 88.9 Å². The smallest absolute Gasteiger partial charge is 0.126 e. The monoisotopic (exact) mass is 209 g/mol. The maximum Gasteiger partial charge on any atom is 0.126 e. The van der Waals surface area contributed by atoms with Gasteiger partial charge in [0, 0.05) is 0 Å². The number of fused-ring (bicyclic) bond motifs is 1. The Hall–Kier alpha value is -0.930. The molecule has 0 spiro atoms. The Morgan fingerprint density at radius 1 is 1.47 bits per heavy atom. The highest BCUT2D eigenvalue weighted by atomic mass is 19.1. The predicted octanol–water partition coefficient (Wildman–Crippen LogP) is 1.70. The van der Waals surface area contributed by atoms with Crippen molar-refractivity contribution in [3.63, 3.8) is 0 Å². The minimum atomic E-state index is -0.912. The molecule has 1 aliphatic carbocycles. The van der Waals surface area contributed by atoms with Crippen LogP contribution in [0.1, 0.15) is 30.4 Å². The zero-order valence-electron chi connectivity index (χ0n) is 8.67. The molecule has 0 fully saturated rings. The van der Waals surface area contributed by atoms with E-state index in [1.165, 1.54) is 6.07 Å². The molecule has 2 rings (SSSR count). The highest BCUT2D eigenvalue weighted by Crippen LogP contribution is 2.38. The number of rotatable bonds is 2. The third-order valence-corrected chi connectivity index (χ3v) is 3.20. The van der Waals surface area contributed by atoms with Crippen LogP contribution in [0.2, 0.25) is 0 Å². The first-order valence-electron chi connectivity index (χ1n) is 5.38. The summed E-state index contributed by atoms with van der Waals surface area (Å²) >= 11 is 0. The van der Waals surface area contributed by atoms with Crippen molar-refractivity contribution in [2.75, 3.05) is 6.54 Å². The Morgan fingerprint density at radius 2 is 2.27 bits per heavy atom. The van der Waals surface area contributed by atoms with E-state index in [1.54, 1.807) is 6.07 Å². The molecule has 0 saturated heterocycles. The molecule has 1 unspecified atom stereocenters. The molecule has 1 aliphatic rings. The summed E-state index contributed by atoms with van der Waals surface area (Å²) < 4.78 is 13.5. The van der Waals surface area contributed by atoms with Crippen LogP contribution in [0.15, 0.2) is 18.2 Å². The molecule has 15 heavy (non-hydrogen) atoms. The van der Waals surface area contributed by atoms with E-state index in [1.807, 2.05) is 6.07 Å². The molecular weight excluding hydrogens is 193 g/mol. The average Bonchev–Trinajstić information content (AvgIpc) is 2.20. The van der Waals surface area contributed by atoms with Crippen molar-refractivity contribution in [2.24, 2.45) is 5.73 Å². The first-order chi connectivity index (χ1) is 7.17. The van der Waals surface area contributed by atoms with Crippen molar-refractivity contribution >= 4 is 0 Å². The summed E-state index contributed by atoms with van der Waals surface area (Å²) in [5.74, 6) is -0.206. The summed E-state index contributed by atoms with van der Waals surface area (Å²) in [6, 6.07) is 4.92. The van der Waals surface area contributed by atoms with E-state index in [-0.39, 0.29) is 5.82 Å². The van der Waals surface area contributed by atoms with Crippen molar-refractivity contribution < 1.29 is 9.50 Å². The number of aliphatic hydroxyl groups is 1. The van der Waals surface area contributed by atoms with Gasteiger partial charge in [-0.05, 0) is 49.4 Å². The first kappa shape index (κ1) is 10.6. The Kier molecular flexibility index (Phi) is 2.76. The molecule has 2 nitrogen and oxygen atoms in total. The van der Waals surface area contributed by atoms with E-state index < -0.39 is 5.60 Å². The minimum Gasteiger partial charge on any atom is -0.385 e. The van der Waals surface area contributed by atoms with E-state index in [0.717, 1.165) is 18.4 Å².